The van der Waals surface area contributed by atoms with Crippen molar-refractivity contribution in [2.75, 3.05) is 0 Å². The predicted octanol–water partition coefficient (Wildman–Crippen LogP) is 4.38. The Morgan fingerprint density at radius 2 is 1.37 bits per heavy atom. The van der Waals surface area contributed by atoms with Gasteiger partial charge < -0.3 is 4.74 Å². The lowest BCUT2D eigenvalue weighted by molar-refractivity contribution is -0.385. The number of ketones is 1. The minimum atomic E-state index is -1.21. The van der Waals surface area contributed by atoms with Crippen LogP contribution in [0.4, 0.5) is 5.69 Å². The van der Waals surface area contributed by atoms with Crippen LogP contribution in [-0.2, 0) is 4.74 Å². The van der Waals surface area contributed by atoms with Crippen LogP contribution >= 0.6 is 0 Å². The smallest absolute Gasteiger partial charge is 0.346 e. The molecule has 0 saturated carbocycles. The van der Waals surface area contributed by atoms with Crippen molar-refractivity contribution in [3.63, 3.8) is 0 Å². The molecule has 3 aromatic rings. The summed E-state index contributed by atoms with van der Waals surface area (Å²) in [5, 5.41) is 11.2. The summed E-state index contributed by atoms with van der Waals surface area (Å²) >= 11 is 0. The first kappa shape index (κ1) is 18.0. The van der Waals surface area contributed by atoms with Crippen LogP contribution in [0.5, 0.6) is 0 Å². The molecular weight excluding hydrogens is 346 g/mol. The lowest BCUT2D eigenvalue weighted by atomic mass is 9.99. The Hall–Kier alpha value is -3.80. The van der Waals surface area contributed by atoms with E-state index in [1.54, 1.807) is 60.7 Å². The highest BCUT2D eigenvalue weighted by atomic mass is 16.6. The summed E-state index contributed by atoms with van der Waals surface area (Å²) in [5.41, 5.74) is 0.283. The third kappa shape index (κ3) is 4.07. The first-order valence-corrected chi connectivity index (χ1v) is 8.16. The summed E-state index contributed by atoms with van der Waals surface area (Å²) in [6, 6.07) is 22.5. The van der Waals surface area contributed by atoms with Crippen LogP contribution in [0.15, 0.2) is 84.9 Å². The zero-order valence-corrected chi connectivity index (χ0v) is 14.1. The number of nitro benzene ring substituents is 1. The second-order valence-electron chi connectivity index (χ2n) is 5.70. The summed E-state index contributed by atoms with van der Waals surface area (Å²) < 4.78 is 5.44. The van der Waals surface area contributed by atoms with Crippen molar-refractivity contribution in [2.45, 2.75) is 6.10 Å². The largest absolute Gasteiger partial charge is 0.445 e. The summed E-state index contributed by atoms with van der Waals surface area (Å²) in [6.07, 6.45) is -1.21. The van der Waals surface area contributed by atoms with Gasteiger partial charge >= 0.3 is 5.97 Å². The first-order valence-electron chi connectivity index (χ1n) is 8.16. The summed E-state index contributed by atoms with van der Waals surface area (Å²) in [4.78, 5) is 36.0. The fraction of sp³-hybridized carbons (Fsp3) is 0.0476. The summed E-state index contributed by atoms with van der Waals surface area (Å²) in [7, 11) is 0. The molecule has 3 rings (SSSR count). The van der Waals surface area contributed by atoms with Crippen molar-refractivity contribution >= 4 is 17.4 Å². The average molecular weight is 361 g/mol. The van der Waals surface area contributed by atoms with E-state index in [1.807, 2.05) is 0 Å². The second-order valence-corrected chi connectivity index (χ2v) is 5.70. The van der Waals surface area contributed by atoms with E-state index in [4.69, 9.17) is 4.74 Å². The Balaban J connectivity index is 1.96. The molecule has 0 amide bonds. The number of esters is 1. The van der Waals surface area contributed by atoms with Gasteiger partial charge in [0, 0.05) is 17.2 Å². The molecule has 0 fully saturated rings. The molecular formula is C21H15NO5. The number of carbonyl (C=O) groups excluding carboxylic acids is 2. The second kappa shape index (κ2) is 8.05. The molecule has 0 aliphatic carbocycles. The predicted molar refractivity (Wildman–Crippen MR) is 98.5 cm³/mol. The van der Waals surface area contributed by atoms with Gasteiger partial charge in [-0.3, -0.25) is 14.9 Å². The van der Waals surface area contributed by atoms with Crippen LogP contribution in [-0.4, -0.2) is 16.7 Å². The molecule has 0 aliphatic rings. The Bertz CT molecular complexity index is 970. The van der Waals surface area contributed by atoms with Crippen LogP contribution in [0.2, 0.25) is 0 Å². The average Bonchev–Trinajstić information content (AvgIpc) is 2.72. The highest BCUT2D eigenvalue weighted by Gasteiger charge is 2.29. The first-order chi connectivity index (χ1) is 13.1. The van der Waals surface area contributed by atoms with Gasteiger partial charge in [0.1, 0.15) is 5.56 Å². The number of nitrogens with zero attached hydrogens (tertiary/aromatic N) is 1. The topological polar surface area (TPSA) is 86.5 Å². The van der Waals surface area contributed by atoms with Crippen LogP contribution < -0.4 is 0 Å². The molecule has 1 atom stereocenters. The summed E-state index contributed by atoms with van der Waals surface area (Å²) in [5.74, 6) is -1.34. The van der Waals surface area contributed by atoms with Gasteiger partial charge in [0.05, 0.1) is 4.92 Å². The van der Waals surface area contributed by atoms with Gasteiger partial charge in [0.25, 0.3) is 5.69 Å². The molecule has 0 saturated heterocycles. The maximum atomic E-state index is 12.9. The van der Waals surface area contributed by atoms with Crippen LogP contribution in [0.1, 0.15) is 32.4 Å². The number of hydrogen-bond acceptors (Lipinski definition) is 5. The zero-order valence-electron chi connectivity index (χ0n) is 14.1. The Morgan fingerprint density at radius 1 is 0.815 bits per heavy atom. The SMILES string of the molecule is O=C(OC(C(=O)c1ccccc1)c1ccccc1)c1ccccc1[N+](=O)[O-]. The van der Waals surface area contributed by atoms with Gasteiger partial charge in [-0.2, -0.15) is 0 Å². The molecule has 0 radical (unpaired) electrons. The van der Waals surface area contributed by atoms with Gasteiger partial charge in [-0.1, -0.05) is 72.8 Å². The van der Waals surface area contributed by atoms with E-state index in [2.05, 4.69) is 0 Å². The van der Waals surface area contributed by atoms with E-state index in [-0.39, 0.29) is 11.3 Å². The van der Waals surface area contributed by atoms with Gasteiger partial charge in [0.2, 0.25) is 5.78 Å². The molecule has 6 nitrogen and oxygen atoms in total. The molecule has 0 bridgehead atoms. The fourth-order valence-corrected chi connectivity index (χ4v) is 2.63. The van der Waals surface area contributed by atoms with E-state index in [0.717, 1.165) is 0 Å². The number of para-hydroxylation sites is 1. The molecule has 0 aliphatic heterocycles. The number of benzene rings is 3. The number of carbonyl (C=O) groups is 2. The van der Waals surface area contributed by atoms with E-state index >= 15 is 0 Å². The van der Waals surface area contributed by atoms with E-state index in [9.17, 15) is 19.7 Å². The normalized spacial score (nSPS) is 11.4. The molecule has 0 aromatic heterocycles. The van der Waals surface area contributed by atoms with Crippen molar-refractivity contribution in [1.82, 2.24) is 0 Å². The molecule has 0 heterocycles. The Labute approximate surface area is 155 Å². The minimum absolute atomic E-state index is 0.204. The van der Waals surface area contributed by atoms with E-state index in [1.165, 1.54) is 24.3 Å². The Morgan fingerprint density at radius 3 is 2.00 bits per heavy atom. The molecule has 134 valence electrons. The van der Waals surface area contributed by atoms with Crippen molar-refractivity contribution in [2.24, 2.45) is 0 Å². The molecule has 27 heavy (non-hydrogen) atoms. The third-order valence-corrected chi connectivity index (χ3v) is 3.94. The van der Waals surface area contributed by atoms with Crippen molar-refractivity contribution in [1.29, 1.82) is 0 Å². The van der Waals surface area contributed by atoms with E-state index in [0.29, 0.717) is 11.1 Å². The maximum Gasteiger partial charge on any atom is 0.346 e. The van der Waals surface area contributed by atoms with Crippen LogP contribution in [0.25, 0.3) is 0 Å². The third-order valence-electron chi connectivity index (χ3n) is 3.94. The number of ether oxygens (including phenoxy) is 1. The lowest BCUT2D eigenvalue weighted by Gasteiger charge is -2.17. The molecule has 3 aromatic carbocycles. The number of nitro groups is 1. The van der Waals surface area contributed by atoms with Gasteiger partial charge in [-0.05, 0) is 6.07 Å². The molecule has 1 unspecified atom stereocenters. The number of hydrogen-bond donors (Lipinski definition) is 0. The lowest BCUT2D eigenvalue weighted by Crippen LogP contribution is -2.21. The van der Waals surface area contributed by atoms with Crippen LogP contribution in [0.3, 0.4) is 0 Å². The standard InChI is InChI=1S/C21H15NO5/c23-19(15-9-3-1-4-10-15)20(16-11-5-2-6-12-16)27-21(24)17-13-7-8-14-18(17)22(25)26/h1-14,20H. The maximum absolute atomic E-state index is 12.9. The van der Waals surface area contributed by atoms with Gasteiger partial charge in [-0.15, -0.1) is 0 Å². The quantitative estimate of drug-likeness (QED) is 0.281. The van der Waals surface area contributed by atoms with E-state index < -0.39 is 22.8 Å². The number of Topliss-reactive ketones (excluding diaryl/α,β-unsaturated/α-hetero) is 1. The molecule has 0 spiro atoms. The fourth-order valence-electron chi connectivity index (χ4n) is 2.63. The van der Waals surface area contributed by atoms with Crippen molar-refractivity contribution in [3.05, 3.63) is 112 Å². The number of rotatable bonds is 6. The Kier molecular flexibility index (Phi) is 5.37. The monoisotopic (exact) mass is 361 g/mol. The molecule has 0 N–H and O–H groups in total. The van der Waals surface area contributed by atoms with Crippen molar-refractivity contribution < 1.29 is 19.2 Å². The highest BCUT2D eigenvalue weighted by molar-refractivity contribution is 6.02. The zero-order chi connectivity index (χ0) is 19.2. The highest BCUT2D eigenvalue weighted by Crippen LogP contribution is 2.26. The van der Waals surface area contributed by atoms with Crippen molar-refractivity contribution in [3.8, 4) is 0 Å². The minimum Gasteiger partial charge on any atom is -0.445 e. The van der Waals surface area contributed by atoms with Crippen LogP contribution in [0, 0.1) is 10.1 Å². The van der Waals surface area contributed by atoms with Gasteiger partial charge in [-0.25, -0.2) is 4.79 Å². The summed E-state index contributed by atoms with van der Waals surface area (Å²) in [6.45, 7) is 0. The molecule has 6 heteroatoms. The van der Waals surface area contributed by atoms with Gasteiger partial charge in [0.15, 0.2) is 6.10 Å².